The highest BCUT2D eigenvalue weighted by Gasteiger charge is 2.22. The molecule has 0 aliphatic carbocycles. The van der Waals surface area contributed by atoms with E-state index >= 15 is 0 Å². The molecule has 0 unspecified atom stereocenters. The first-order valence-electron chi connectivity index (χ1n) is 5.98. The van der Waals surface area contributed by atoms with Crippen LogP contribution in [0.15, 0.2) is 48.2 Å². The van der Waals surface area contributed by atoms with E-state index in [1.165, 1.54) is 18.2 Å². The maximum absolute atomic E-state index is 11.6. The molecule has 2 aromatic rings. The molecule has 7 heteroatoms. The third kappa shape index (κ3) is 2.71. The fourth-order valence-corrected chi connectivity index (χ4v) is 2.03. The number of rotatable bonds is 5. The molecule has 0 fully saturated rings. The van der Waals surface area contributed by atoms with Crippen molar-refractivity contribution in [2.45, 2.75) is 0 Å². The van der Waals surface area contributed by atoms with Crippen molar-refractivity contribution in [1.82, 2.24) is 4.98 Å². The summed E-state index contributed by atoms with van der Waals surface area (Å²) in [7, 11) is 0. The van der Waals surface area contributed by atoms with Crippen molar-refractivity contribution in [2.75, 3.05) is 0 Å². The molecule has 0 atom stereocenters. The molecule has 1 aromatic heterocycles. The lowest BCUT2D eigenvalue weighted by Gasteiger charge is -2.10. The van der Waals surface area contributed by atoms with E-state index in [1.54, 1.807) is 24.4 Å². The van der Waals surface area contributed by atoms with Crippen LogP contribution in [0.5, 0.6) is 0 Å². The summed E-state index contributed by atoms with van der Waals surface area (Å²) in [6.07, 6.45) is 2.42. The summed E-state index contributed by atoms with van der Waals surface area (Å²) in [5, 5.41) is 18.6. The Hall–Kier alpha value is -3.22. The number of nitrogens with two attached hydrogens (primary N) is 1. The summed E-state index contributed by atoms with van der Waals surface area (Å²) in [4.78, 5) is 25.1. The fraction of sp³-hybridized carbons (Fsp3) is 0. The average molecular weight is 284 g/mol. The monoisotopic (exact) mass is 284 g/mol. The summed E-state index contributed by atoms with van der Waals surface area (Å²) in [6, 6.07) is 9.34. The molecule has 0 aliphatic rings. The molecular formula is C14H12N4O3. The largest absolute Gasteiger partial charge is 0.366 e. The molecule has 1 heterocycles. The van der Waals surface area contributed by atoms with E-state index in [0.29, 0.717) is 5.69 Å². The number of nitro benzene ring substituents is 1. The van der Waals surface area contributed by atoms with Crippen molar-refractivity contribution < 1.29 is 9.72 Å². The van der Waals surface area contributed by atoms with Crippen LogP contribution in [0.3, 0.4) is 0 Å². The highest BCUT2D eigenvalue weighted by Crippen LogP contribution is 2.32. The highest BCUT2D eigenvalue weighted by atomic mass is 16.6. The molecule has 106 valence electrons. The van der Waals surface area contributed by atoms with Gasteiger partial charge in [0.2, 0.25) is 0 Å². The summed E-state index contributed by atoms with van der Waals surface area (Å²) < 4.78 is 0. The number of hydrogen-bond donors (Lipinski definition) is 3. The molecule has 7 nitrogen and oxygen atoms in total. The summed E-state index contributed by atoms with van der Waals surface area (Å²) in [6.45, 7) is 0. The zero-order valence-corrected chi connectivity index (χ0v) is 10.9. The minimum Gasteiger partial charge on any atom is -0.366 e. The molecule has 1 aromatic carbocycles. The van der Waals surface area contributed by atoms with Crippen molar-refractivity contribution in [1.29, 1.82) is 5.41 Å². The minimum atomic E-state index is -0.826. The van der Waals surface area contributed by atoms with Crippen molar-refractivity contribution in [3.8, 4) is 0 Å². The second-order valence-electron chi connectivity index (χ2n) is 4.16. The Morgan fingerprint density at radius 2 is 2.00 bits per heavy atom. The van der Waals surface area contributed by atoms with Gasteiger partial charge in [0.15, 0.2) is 0 Å². The van der Waals surface area contributed by atoms with Gasteiger partial charge in [-0.25, -0.2) is 0 Å². The minimum absolute atomic E-state index is 0.105. The predicted octanol–water partition coefficient (Wildman–Crippen LogP) is 1.86. The Morgan fingerprint density at radius 3 is 2.52 bits per heavy atom. The number of primary amides is 1. The summed E-state index contributed by atoms with van der Waals surface area (Å²) in [5.74, 6) is -0.826. The average Bonchev–Trinajstić information content (AvgIpc) is 2.97. The van der Waals surface area contributed by atoms with Gasteiger partial charge in [0, 0.05) is 29.7 Å². The van der Waals surface area contributed by atoms with Crippen molar-refractivity contribution in [3.63, 3.8) is 0 Å². The van der Waals surface area contributed by atoms with E-state index in [9.17, 15) is 14.9 Å². The summed E-state index contributed by atoms with van der Waals surface area (Å²) in [5.41, 5.74) is 5.95. The van der Waals surface area contributed by atoms with Crippen LogP contribution in [-0.2, 0) is 4.79 Å². The number of nitrogens with zero attached hydrogens (tertiary/aromatic N) is 1. The van der Waals surface area contributed by atoms with Crippen molar-refractivity contribution in [3.05, 3.63) is 69.5 Å². The first-order chi connectivity index (χ1) is 10.1. The van der Waals surface area contributed by atoms with Crippen LogP contribution in [0.4, 0.5) is 5.69 Å². The van der Waals surface area contributed by atoms with Crippen LogP contribution >= 0.6 is 0 Å². The van der Waals surface area contributed by atoms with Crippen LogP contribution in [-0.4, -0.2) is 22.0 Å². The Bertz CT molecular complexity index is 732. The van der Waals surface area contributed by atoms with Gasteiger partial charge in [0.1, 0.15) is 0 Å². The van der Waals surface area contributed by atoms with Gasteiger partial charge in [-0.3, -0.25) is 14.9 Å². The molecule has 0 spiro atoms. The van der Waals surface area contributed by atoms with Crippen LogP contribution in [0, 0.1) is 15.5 Å². The SMILES string of the molecule is N=C/C(C(N)=O)=C(\c1ccc[nH]1)c1ccccc1[N+](=O)[O-]. The van der Waals surface area contributed by atoms with E-state index in [0.717, 1.165) is 6.21 Å². The van der Waals surface area contributed by atoms with Crippen molar-refractivity contribution >= 4 is 23.4 Å². The molecule has 0 radical (unpaired) electrons. The number of benzene rings is 1. The Kier molecular flexibility index (Phi) is 3.94. The lowest BCUT2D eigenvalue weighted by molar-refractivity contribution is -0.385. The lowest BCUT2D eigenvalue weighted by Crippen LogP contribution is -2.17. The van der Waals surface area contributed by atoms with Crippen LogP contribution in [0.2, 0.25) is 0 Å². The molecule has 1 amide bonds. The van der Waals surface area contributed by atoms with Gasteiger partial charge in [0.25, 0.3) is 11.6 Å². The van der Waals surface area contributed by atoms with Crippen LogP contribution in [0.25, 0.3) is 5.57 Å². The number of nitro groups is 1. The van der Waals surface area contributed by atoms with Gasteiger partial charge in [-0.1, -0.05) is 12.1 Å². The number of aromatic nitrogens is 1. The molecule has 0 bridgehead atoms. The number of aromatic amines is 1. The zero-order chi connectivity index (χ0) is 15.4. The number of carbonyl (C=O) groups is 1. The first-order valence-corrected chi connectivity index (χ1v) is 5.98. The molecular weight excluding hydrogens is 272 g/mol. The Labute approximate surface area is 119 Å². The quantitative estimate of drug-likeness (QED) is 0.335. The van der Waals surface area contributed by atoms with Gasteiger partial charge in [-0.2, -0.15) is 0 Å². The van der Waals surface area contributed by atoms with Gasteiger partial charge in [0.05, 0.1) is 16.1 Å². The number of para-hydroxylation sites is 1. The fourth-order valence-electron chi connectivity index (χ4n) is 2.03. The van der Waals surface area contributed by atoms with E-state index in [4.69, 9.17) is 11.1 Å². The lowest BCUT2D eigenvalue weighted by atomic mass is 9.95. The molecule has 0 saturated carbocycles. The zero-order valence-electron chi connectivity index (χ0n) is 10.9. The third-order valence-corrected chi connectivity index (χ3v) is 2.92. The number of hydrogen-bond acceptors (Lipinski definition) is 4. The molecule has 2 rings (SSSR count). The number of amides is 1. The van der Waals surface area contributed by atoms with Crippen LogP contribution < -0.4 is 5.73 Å². The number of H-pyrrole nitrogens is 1. The Balaban J connectivity index is 2.83. The maximum atomic E-state index is 11.6. The topological polar surface area (TPSA) is 126 Å². The Morgan fingerprint density at radius 1 is 1.29 bits per heavy atom. The molecule has 0 aliphatic heterocycles. The standard InChI is InChI=1S/C14H12N4O3/c15-8-10(14(16)19)13(11-5-3-7-17-11)9-4-1-2-6-12(9)18(20)21/h1-8,15,17H,(H2,16,19)/b13-10+,15-8?. The molecule has 4 N–H and O–H groups in total. The van der Waals surface area contributed by atoms with E-state index in [2.05, 4.69) is 4.98 Å². The summed E-state index contributed by atoms with van der Waals surface area (Å²) >= 11 is 0. The van der Waals surface area contributed by atoms with Gasteiger partial charge < -0.3 is 16.1 Å². The number of nitrogens with one attached hydrogen (secondary N) is 2. The number of carbonyl (C=O) groups excluding carboxylic acids is 1. The maximum Gasteiger partial charge on any atom is 0.277 e. The predicted molar refractivity (Wildman–Crippen MR) is 77.9 cm³/mol. The van der Waals surface area contributed by atoms with Crippen molar-refractivity contribution in [2.24, 2.45) is 5.73 Å². The normalized spacial score (nSPS) is 11.6. The smallest absolute Gasteiger partial charge is 0.277 e. The second-order valence-corrected chi connectivity index (χ2v) is 4.16. The van der Waals surface area contributed by atoms with Crippen LogP contribution in [0.1, 0.15) is 11.3 Å². The first kappa shape index (κ1) is 14.2. The second kappa shape index (κ2) is 5.83. The van der Waals surface area contributed by atoms with E-state index in [-0.39, 0.29) is 22.4 Å². The molecule has 21 heavy (non-hydrogen) atoms. The highest BCUT2D eigenvalue weighted by molar-refractivity contribution is 6.19. The van der Waals surface area contributed by atoms with E-state index < -0.39 is 10.8 Å². The van der Waals surface area contributed by atoms with Gasteiger partial charge >= 0.3 is 0 Å². The van der Waals surface area contributed by atoms with E-state index in [1.807, 2.05) is 0 Å². The van der Waals surface area contributed by atoms with Gasteiger partial charge in [-0.05, 0) is 18.2 Å². The third-order valence-electron chi connectivity index (χ3n) is 2.92. The van der Waals surface area contributed by atoms with Gasteiger partial charge in [-0.15, -0.1) is 0 Å². The molecule has 0 saturated heterocycles.